The van der Waals surface area contributed by atoms with Crippen LogP contribution >= 0.6 is 0 Å². The Morgan fingerprint density at radius 2 is 0.797 bits per heavy atom. The van der Waals surface area contributed by atoms with E-state index in [1.54, 1.807) is 0 Å². The number of unbranched alkanes of at least 4 members (excludes halogenated alkanes) is 31. The number of esters is 1. The van der Waals surface area contributed by atoms with E-state index in [9.17, 15) is 19.8 Å². The van der Waals surface area contributed by atoms with E-state index >= 15 is 0 Å². The van der Waals surface area contributed by atoms with Gasteiger partial charge in [0.1, 0.15) is 6.10 Å². The predicted molar refractivity (Wildman–Crippen MR) is 301 cm³/mol. The lowest BCUT2D eigenvalue weighted by Gasteiger charge is -2.24. The molecular formula is C63H113NO5. The highest BCUT2D eigenvalue weighted by Gasteiger charge is 2.24. The van der Waals surface area contributed by atoms with Crippen LogP contribution in [0.1, 0.15) is 290 Å². The number of carbonyl (C=O) groups excluding carboxylic acids is 2. The van der Waals surface area contributed by atoms with Crippen molar-refractivity contribution in [3.8, 4) is 0 Å². The van der Waals surface area contributed by atoms with Crippen LogP contribution in [-0.2, 0) is 14.3 Å². The Bertz CT molecular complexity index is 1270. The molecule has 0 heterocycles. The molecule has 0 aliphatic heterocycles. The molecule has 0 aliphatic rings. The van der Waals surface area contributed by atoms with E-state index < -0.39 is 18.2 Å². The average molecular weight is 965 g/mol. The van der Waals surface area contributed by atoms with Gasteiger partial charge in [0.05, 0.1) is 25.2 Å². The Balaban J connectivity index is 4.65. The van der Waals surface area contributed by atoms with Gasteiger partial charge >= 0.3 is 5.97 Å². The van der Waals surface area contributed by atoms with Gasteiger partial charge < -0.3 is 20.3 Å². The van der Waals surface area contributed by atoms with Crippen molar-refractivity contribution >= 4 is 11.9 Å². The number of aliphatic hydroxyl groups excluding tert-OH is 2. The maximum absolute atomic E-state index is 13.3. The summed E-state index contributed by atoms with van der Waals surface area (Å²) in [6, 6.07) is -0.718. The van der Waals surface area contributed by atoms with E-state index in [0.717, 1.165) is 103 Å². The second kappa shape index (κ2) is 56.2. The largest absolute Gasteiger partial charge is 0.462 e. The Morgan fingerprint density at radius 1 is 0.435 bits per heavy atom. The number of nitrogens with one attached hydrogen (secondary N) is 1. The maximum Gasteiger partial charge on any atom is 0.306 e. The molecule has 0 saturated carbocycles. The zero-order valence-electron chi connectivity index (χ0n) is 45.7. The molecule has 0 aromatic carbocycles. The second-order valence-corrected chi connectivity index (χ2v) is 20.1. The lowest BCUT2D eigenvalue weighted by molar-refractivity contribution is -0.151. The molecule has 0 saturated heterocycles. The first-order valence-corrected chi connectivity index (χ1v) is 29.7. The van der Waals surface area contributed by atoms with E-state index in [0.29, 0.717) is 19.3 Å². The van der Waals surface area contributed by atoms with Gasteiger partial charge in [0.25, 0.3) is 0 Å². The molecule has 0 aromatic heterocycles. The zero-order chi connectivity index (χ0) is 50.2. The summed E-state index contributed by atoms with van der Waals surface area (Å²) in [5.41, 5.74) is 0. The highest BCUT2D eigenvalue weighted by molar-refractivity contribution is 5.77. The van der Waals surface area contributed by atoms with E-state index in [-0.39, 0.29) is 24.9 Å². The summed E-state index contributed by atoms with van der Waals surface area (Å²) in [5, 5.41) is 23.9. The molecule has 0 spiro atoms. The van der Waals surface area contributed by atoms with Crippen molar-refractivity contribution in [2.24, 2.45) is 0 Å². The third kappa shape index (κ3) is 51.5. The maximum atomic E-state index is 13.3. The van der Waals surface area contributed by atoms with Crippen LogP contribution in [0.4, 0.5) is 0 Å². The Labute approximate surface area is 428 Å². The number of aliphatic hydroxyl groups is 2. The van der Waals surface area contributed by atoms with E-state index in [4.69, 9.17) is 4.74 Å². The highest BCUT2D eigenvalue weighted by atomic mass is 16.5. The van der Waals surface area contributed by atoms with Gasteiger partial charge in [-0.2, -0.15) is 0 Å². The number of carbonyl (C=O) groups is 2. The summed E-state index contributed by atoms with van der Waals surface area (Å²) >= 11 is 0. The van der Waals surface area contributed by atoms with Crippen LogP contribution in [0.25, 0.3) is 0 Å². The van der Waals surface area contributed by atoms with E-state index in [2.05, 4.69) is 99.0 Å². The van der Waals surface area contributed by atoms with Crippen LogP contribution < -0.4 is 5.32 Å². The topological polar surface area (TPSA) is 95.9 Å². The lowest BCUT2D eigenvalue weighted by Crippen LogP contribution is -2.46. The molecule has 0 fully saturated rings. The fraction of sp³-hybridized carbons (Fsp3) is 0.778. The van der Waals surface area contributed by atoms with Crippen molar-refractivity contribution in [1.29, 1.82) is 0 Å². The molecule has 400 valence electrons. The first-order valence-electron chi connectivity index (χ1n) is 29.7. The second-order valence-electron chi connectivity index (χ2n) is 20.1. The third-order valence-electron chi connectivity index (χ3n) is 13.3. The minimum absolute atomic E-state index is 0.0525. The number of ether oxygens (including phenoxy) is 1. The molecule has 0 aromatic rings. The fourth-order valence-electron chi connectivity index (χ4n) is 8.79. The van der Waals surface area contributed by atoms with Crippen LogP contribution in [0.15, 0.2) is 72.9 Å². The van der Waals surface area contributed by atoms with Gasteiger partial charge in [-0.1, -0.05) is 261 Å². The van der Waals surface area contributed by atoms with Crippen molar-refractivity contribution in [3.63, 3.8) is 0 Å². The van der Waals surface area contributed by atoms with Crippen LogP contribution in [0, 0.1) is 0 Å². The van der Waals surface area contributed by atoms with Crippen molar-refractivity contribution in [2.75, 3.05) is 6.61 Å². The minimum atomic E-state index is -0.802. The summed E-state index contributed by atoms with van der Waals surface area (Å²) < 4.78 is 5.95. The summed E-state index contributed by atoms with van der Waals surface area (Å²) in [4.78, 5) is 26.3. The molecule has 3 unspecified atom stereocenters. The highest BCUT2D eigenvalue weighted by Crippen LogP contribution is 2.18. The first kappa shape index (κ1) is 66.3. The summed E-state index contributed by atoms with van der Waals surface area (Å²) in [7, 11) is 0. The van der Waals surface area contributed by atoms with Crippen LogP contribution in [0.3, 0.4) is 0 Å². The molecule has 3 atom stereocenters. The Morgan fingerprint density at radius 3 is 1.26 bits per heavy atom. The molecule has 6 nitrogen and oxygen atoms in total. The molecule has 1 amide bonds. The first-order chi connectivity index (χ1) is 34.0. The van der Waals surface area contributed by atoms with Crippen LogP contribution in [0.2, 0.25) is 0 Å². The van der Waals surface area contributed by atoms with Gasteiger partial charge in [-0.05, 0) is 89.9 Å². The minimum Gasteiger partial charge on any atom is -0.462 e. The normalized spacial score (nSPS) is 13.6. The summed E-state index contributed by atoms with van der Waals surface area (Å²) in [6.07, 6.45) is 72.4. The zero-order valence-corrected chi connectivity index (χ0v) is 45.7. The lowest BCUT2D eigenvalue weighted by atomic mass is 10.0. The fourth-order valence-corrected chi connectivity index (χ4v) is 8.79. The van der Waals surface area contributed by atoms with Crippen molar-refractivity contribution < 1.29 is 24.5 Å². The Hall–Kier alpha value is -2.70. The molecular weight excluding hydrogens is 851 g/mol. The van der Waals surface area contributed by atoms with Crippen molar-refractivity contribution in [1.82, 2.24) is 5.32 Å². The van der Waals surface area contributed by atoms with Gasteiger partial charge in [-0.25, -0.2) is 0 Å². The number of allylic oxidation sites excluding steroid dienone is 12. The standard InChI is InChI=1S/C63H113NO5/c1-4-7-10-13-16-19-22-25-28-30-32-35-38-41-44-47-50-53-56-63(68)69-59(54-51-48-45-42-39-36-34-31-29-26-23-20-17-14-11-8-5-2)57-62(67)64-60(58-65)61(66)55-52-49-46-43-40-37-33-27-24-21-18-15-12-9-6-3/h17,20,22,25-26,28-30,32,34-36,59-61,65-66H,4-16,18-19,21,23-24,27,31,33,37-58H2,1-3H3,(H,64,67)/b20-17-,25-22+,29-26-,30-28+,35-32+,36-34-. The van der Waals surface area contributed by atoms with Gasteiger partial charge in [-0.3, -0.25) is 9.59 Å². The van der Waals surface area contributed by atoms with Gasteiger partial charge in [-0.15, -0.1) is 0 Å². The number of amides is 1. The van der Waals surface area contributed by atoms with E-state index in [1.165, 1.54) is 141 Å². The Kier molecular flexibility index (Phi) is 54.0. The summed E-state index contributed by atoms with van der Waals surface area (Å²) in [6.45, 7) is 6.45. The number of hydrogen-bond acceptors (Lipinski definition) is 5. The number of hydrogen-bond donors (Lipinski definition) is 3. The summed E-state index contributed by atoms with van der Waals surface area (Å²) in [5.74, 6) is -0.513. The average Bonchev–Trinajstić information content (AvgIpc) is 3.34. The van der Waals surface area contributed by atoms with Crippen molar-refractivity contribution in [3.05, 3.63) is 72.9 Å². The molecule has 3 N–H and O–H groups in total. The van der Waals surface area contributed by atoms with Gasteiger partial charge in [0.2, 0.25) is 5.91 Å². The molecule has 0 rings (SSSR count). The SMILES string of the molecule is CCCCC/C=C\C/C=C\C/C=C\CCCCCCC(CC(=O)NC(CO)C(O)CCCCCCCCCCCCCCCCC)OC(=O)CCCCCCC/C=C/C=C/C=C/CCCCCCC. The number of rotatable bonds is 53. The molecule has 6 heteroatoms. The van der Waals surface area contributed by atoms with Crippen LogP contribution in [-0.4, -0.2) is 46.9 Å². The quantitative estimate of drug-likeness (QED) is 0.0244. The van der Waals surface area contributed by atoms with Gasteiger partial charge in [0.15, 0.2) is 0 Å². The van der Waals surface area contributed by atoms with Crippen molar-refractivity contribution in [2.45, 2.75) is 309 Å². The molecule has 0 radical (unpaired) electrons. The van der Waals surface area contributed by atoms with Gasteiger partial charge in [0, 0.05) is 6.42 Å². The van der Waals surface area contributed by atoms with E-state index in [1.807, 2.05) is 0 Å². The third-order valence-corrected chi connectivity index (χ3v) is 13.3. The molecule has 0 bridgehead atoms. The molecule has 0 aliphatic carbocycles. The van der Waals surface area contributed by atoms with Crippen LogP contribution in [0.5, 0.6) is 0 Å². The molecule has 69 heavy (non-hydrogen) atoms. The predicted octanol–water partition coefficient (Wildman–Crippen LogP) is 18.5. The smallest absolute Gasteiger partial charge is 0.306 e. The monoisotopic (exact) mass is 964 g/mol.